The summed E-state index contributed by atoms with van der Waals surface area (Å²) >= 11 is 0. The zero-order valence-corrected chi connectivity index (χ0v) is 19.2. The smallest absolute Gasteiger partial charge is 0.338 e. The number of aryl methyl sites for hydroxylation is 1. The van der Waals surface area contributed by atoms with Crippen molar-refractivity contribution in [2.45, 2.75) is 45.8 Å². The van der Waals surface area contributed by atoms with Gasteiger partial charge in [-0.15, -0.1) is 0 Å². The average molecular weight is 450 g/mol. The molecule has 0 aromatic heterocycles. The Labute approximate surface area is 194 Å². The quantitative estimate of drug-likeness (QED) is 0.197. The number of nitrogens with two attached hydrogens (primary N) is 1. The van der Waals surface area contributed by atoms with Crippen molar-refractivity contribution in [3.05, 3.63) is 63.7 Å². The molecular weight excluding hydrogens is 418 g/mol. The number of piperidine rings is 1. The van der Waals surface area contributed by atoms with Crippen molar-refractivity contribution in [3.63, 3.8) is 0 Å². The highest BCUT2D eigenvalue weighted by atomic mass is 16.5. The number of rotatable bonds is 7. The van der Waals surface area contributed by atoms with E-state index in [2.05, 4.69) is 17.1 Å². The van der Waals surface area contributed by atoms with Crippen LogP contribution in [0.2, 0.25) is 0 Å². The number of ether oxygens (including phenoxy) is 1. The highest BCUT2D eigenvalue weighted by Crippen LogP contribution is 2.26. The molecule has 174 valence electrons. The van der Waals surface area contributed by atoms with Crippen LogP contribution in [0.15, 0.2) is 30.3 Å². The third kappa shape index (κ3) is 4.91. The zero-order chi connectivity index (χ0) is 23.5. The maximum atomic E-state index is 12.7. The summed E-state index contributed by atoms with van der Waals surface area (Å²) in [5.74, 6) is 5.45. The second-order valence-corrected chi connectivity index (χ2v) is 8.83. The number of likely N-dealkylation sites (tertiary alicyclic amines) is 1. The fourth-order valence-electron chi connectivity index (χ4n) is 4.67. The molecule has 0 radical (unpaired) electrons. The lowest BCUT2D eigenvalue weighted by Gasteiger charge is -2.32. The highest BCUT2D eigenvalue weighted by molar-refractivity contribution is 5.95. The van der Waals surface area contributed by atoms with E-state index in [1.807, 2.05) is 19.1 Å². The van der Waals surface area contributed by atoms with Gasteiger partial charge in [0.1, 0.15) is 12.9 Å². The lowest BCUT2D eigenvalue weighted by atomic mass is 9.96. The summed E-state index contributed by atoms with van der Waals surface area (Å²) in [4.78, 5) is 26.9. The van der Waals surface area contributed by atoms with Gasteiger partial charge in [-0.2, -0.15) is 0 Å². The van der Waals surface area contributed by atoms with Crippen LogP contribution in [0.25, 0.3) is 0 Å². The van der Waals surface area contributed by atoms with E-state index in [-0.39, 0.29) is 17.9 Å². The minimum atomic E-state index is -0.220. The van der Waals surface area contributed by atoms with E-state index in [1.165, 1.54) is 16.1 Å². The van der Waals surface area contributed by atoms with Gasteiger partial charge in [-0.1, -0.05) is 6.07 Å². The van der Waals surface area contributed by atoms with Crippen LogP contribution in [-0.4, -0.2) is 48.8 Å². The summed E-state index contributed by atoms with van der Waals surface area (Å²) in [7, 11) is 0. The van der Waals surface area contributed by atoms with Crippen LogP contribution in [-0.2, 0) is 17.8 Å². The summed E-state index contributed by atoms with van der Waals surface area (Å²) in [5, 5.41) is 11.7. The maximum Gasteiger partial charge on any atom is 0.338 e. The van der Waals surface area contributed by atoms with Gasteiger partial charge in [0, 0.05) is 36.8 Å². The molecule has 4 N–H and O–H groups in total. The third-order valence-electron chi connectivity index (χ3n) is 6.77. The number of nitrogens with one attached hydrogen (secondary N) is 2. The Morgan fingerprint density at radius 1 is 1.27 bits per heavy atom. The SMILES string of the molecule is Cc1cc(C(=O)NC2CCN(CCc3ccc4c(c3C)COC4=O)CC2)ccc1N(N)C=N. The van der Waals surface area contributed by atoms with Crippen molar-refractivity contribution in [2.24, 2.45) is 5.84 Å². The van der Waals surface area contributed by atoms with Gasteiger partial charge in [0.25, 0.3) is 5.91 Å². The molecule has 0 aliphatic carbocycles. The normalized spacial score (nSPS) is 16.3. The average Bonchev–Trinajstić information content (AvgIpc) is 3.20. The number of hydrazine groups is 1. The number of amides is 1. The number of cyclic esters (lactones) is 1. The summed E-state index contributed by atoms with van der Waals surface area (Å²) in [5.41, 5.74) is 6.31. The predicted molar refractivity (Wildman–Crippen MR) is 128 cm³/mol. The highest BCUT2D eigenvalue weighted by Gasteiger charge is 2.25. The van der Waals surface area contributed by atoms with E-state index >= 15 is 0 Å². The molecule has 2 aromatic carbocycles. The maximum absolute atomic E-state index is 12.7. The molecule has 0 atom stereocenters. The Balaban J connectivity index is 1.26. The van der Waals surface area contributed by atoms with Crippen LogP contribution in [0.3, 0.4) is 0 Å². The molecule has 1 amide bonds. The molecule has 8 nitrogen and oxygen atoms in total. The number of anilines is 1. The van der Waals surface area contributed by atoms with Crippen LogP contribution >= 0.6 is 0 Å². The minimum Gasteiger partial charge on any atom is -0.457 e. The van der Waals surface area contributed by atoms with Crippen LogP contribution < -0.4 is 16.2 Å². The lowest BCUT2D eigenvalue weighted by Crippen LogP contribution is -2.45. The first kappa shape index (κ1) is 22.9. The van der Waals surface area contributed by atoms with E-state index in [4.69, 9.17) is 16.0 Å². The molecule has 4 rings (SSSR count). The molecule has 1 saturated heterocycles. The third-order valence-corrected chi connectivity index (χ3v) is 6.77. The van der Waals surface area contributed by atoms with Crippen molar-refractivity contribution in [2.75, 3.05) is 24.6 Å². The molecule has 0 bridgehead atoms. The molecule has 1 fully saturated rings. The van der Waals surface area contributed by atoms with E-state index in [9.17, 15) is 9.59 Å². The second kappa shape index (κ2) is 9.72. The Morgan fingerprint density at radius 3 is 2.73 bits per heavy atom. The minimum absolute atomic E-state index is 0.0768. The van der Waals surface area contributed by atoms with Gasteiger partial charge >= 0.3 is 5.97 Å². The fourth-order valence-corrected chi connectivity index (χ4v) is 4.67. The lowest BCUT2D eigenvalue weighted by molar-refractivity contribution is 0.0534. The van der Waals surface area contributed by atoms with E-state index in [0.717, 1.165) is 56.4 Å². The summed E-state index contributed by atoms with van der Waals surface area (Å²) < 4.78 is 5.16. The second-order valence-electron chi connectivity index (χ2n) is 8.83. The number of esters is 1. The topological polar surface area (TPSA) is 112 Å². The van der Waals surface area contributed by atoms with Crippen LogP contribution in [0.1, 0.15) is 55.8 Å². The van der Waals surface area contributed by atoms with E-state index in [1.54, 1.807) is 18.2 Å². The summed E-state index contributed by atoms with van der Waals surface area (Å²) in [6, 6.07) is 9.41. The van der Waals surface area contributed by atoms with Crippen molar-refractivity contribution < 1.29 is 14.3 Å². The number of hydrogen-bond donors (Lipinski definition) is 3. The molecule has 33 heavy (non-hydrogen) atoms. The van der Waals surface area contributed by atoms with Gasteiger partial charge in [0.05, 0.1) is 11.3 Å². The van der Waals surface area contributed by atoms with Crippen LogP contribution in [0.5, 0.6) is 0 Å². The molecule has 2 aliphatic heterocycles. The molecule has 2 aromatic rings. The molecule has 0 unspecified atom stereocenters. The van der Waals surface area contributed by atoms with Gasteiger partial charge in [-0.25, -0.2) is 10.6 Å². The zero-order valence-electron chi connectivity index (χ0n) is 19.2. The number of nitrogens with zero attached hydrogens (tertiary/aromatic N) is 2. The predicted octanol–water partition coefficient (Wildman–Crippen LogP) is 2.70. The van der Waals surface area contributed by atoms with Gasteiger partial charge in [0.15, 0.2) is 0 Å². The Morgan fingerprint density at radius 2 is 2.03 bits per heavy atom. The fraction of sp³-hybridized carbons (Fsp3) is 0.400. The van der Waals surface area contributed by atoms with E-state index in [0.29, 0.717) is 23.4 Å². The molecular formula is C25H31N5O3. The first-order valence-corrected chi connectivity index (χ1v) is 11.3. The van der Waals surface area contributed by atoms with Crippen molar-refractivity contribution in [1.82, 2.24) is 10.2 Å². The molecule has 0 spiro atoms. The van der Waals surface area contributed by atoms with Crippen LogP contribution in [0.4, 0.5) is 5.69 Å². The first-order chi connectivity index (χ1) is 15.9. The largest absolute Gasteiger partial charge is 0.457 e. The number of fused-ring (bicyclic) bond motifs is 1. The number of benzene rings is 2. The number of hydrogen-bond acceptors (Lipinski definition) is 6. The van der Waals surface area contributed by atoms with Gasteiger partial charge in [0.2, 0.25) is 0 Å². The molecule has 2 aliphatic rings. The number of carbonyl (C=O) groups is 2. The Hall–Kier alpha value is -3.23. The summed E-state index contributed by atoms with van der Waals surface area (Å²) in [6.45, 7) is 7.17. The first-order valence-electron chi connectivity index (χ1n) is 11.3. The summed E-state index contributed by atoms with van der Waals surface area (Å²) in [6.07, 6.45) is 3.80. The molecule has 2 heterocycles. The Bertz CT molecular complexity index is 1080. The van der Waals surface area contributed by atoms with Gasteiger partial charge < -0.3 is 15.0 Å². The molecule has 8 heteroatoms. The Kier molecular flexibility index (Phi) is 6.76. The monoisotopic (exact) mass is 449 g/mol. The van der Waals surface area contributed by atoms with Gasteiger partial charge in [-0.05, 0) is 74.1 Å². The van der Waals surface area contributed by atoms with E-state index < -0.39 is 0 Å². The number of carbonyl (C=O) groups excluding carboxylic acids is 2. The van der Waals surface area contributed by atoms with Crippen LogP contribution in [0, 0.1) is 19.3 Å². The van der Waals surface area contributed by atoms with Crippen molar-refractivity contribution in [1.29, 1.82) is 5.41 Å². The van der Waals surface area contributed by atoms with Gasteiger partial charge in [-0.3, -0.25) is 15.2 Å². The standard InChI is InChI=1S/C25H31N5O3/c1-16-13-19(4-6-23(16)30(27)15-26)24(31)28-20-8-11-29(12-9-20)10-7-18-3-5-21-22(17(18)2)14-33-25(21)32/h3-6,13,15,20,26H,7-12,14,27H2,1-2H3,(H,28,31). The van der Waals surface area contributed by atoms with Crippen molar-refractivity contribution >= 4 is 23.9 Å². The molecule has 0 saturated carbocycles. The van der Waals surface area contributed by atoms with Crippen molar-refractivity contribution in [3.8, 4) is 0 Å².